The molecule has 8 heteroatoms. The lowest BCUT2D eigenvalue weighted by Crippen LogP contribution is -2.43. The molecule has 0 spiro atoms. The van der Waals surface area contributed by atoms with E-state index in [1.54, 1.807) is 0 Å². The highest BCUT2D eigenvalue weighted by Crippen LogP contribution is 2.58. The SMILES string of the molecule is C=C(C)C(=O)NCC(=O)OC1C2CC3C1OS(=O)(=O)C3C2C. The molecule has 3 rings (SSSR count). The Morgan fingerprint density at radius 2 is 2.05 bits per heavy atom. The highest BCUT2D eigenvalue weighted by Gasteiger charge is 2.68. The van der Waals surface area contributed by atoms with Crippen LogP contribution in [0.1, 0.15) is 20.3 Å². The van der Waals surface area contributed by atoms with Crippen LogP contribution in [-0.4, -0.2) is 44.3 Å². The highest BCUT2D eigenvalue weighted by molar-refractivity contribution is 7.87. The van der Waals surface area contributed by atoms with E-state index in [9.17, 15) is 18.0 Å². The predicted molar refractivity (Wildman–Crippen MR) is 76.0 cm³/mol. The second-order valence-corrected chi connectivity index (χ2v) is 8.08. The van der Waals surface area contributed by atoms with E-state index in [0.29, 0.717) is 12.0 Å². The molecule has 1 amide bonds. The standard InChI is InChI=1S/C14H19NO6S/c1-6(2)14(17)15-5-10(16)20-11-8-4-9-12(11)21-22(18,19)13(9)7(8)3/h7-9,11-13H,1,4-5H2,2-3H3,(H,15,17). The second-order valence-electron chi connectivity index (χ2n) is 6.36. The van der Waals surface area contributed by atoms with Crippen molar-refractivity contribution < 1.29 is 26.9 Å². The van der Waals surface area contributed by atoms with Gasteiger partial charge in [-0.25, -0.2) is 0 Å². The minimum Gasteiger partial charge on any atom is -0.458 e. The van der Waals surface area contributed by atoms with Crippen LogP contribution in [0.4, 0.5) is 0 Å². The number of hydrogen-bond donors (Lipinski definition) is 1. The first-order valence-corrected chi connectivity index (χ1v) is 8.75. The maximum atomic E-state index is 12.0. The van der Waals surface area contributed by atoms with E-state index in [4.69, 9.17) is 8.92 Å². The van der Waals surface area contributed by atoms with Gasteiger partial charge < -0.3 is 10.1 Å². The van der Waals surface area contributed by atoms with Crippen LogP contribution < -0.4 is 5.32 Å². The molecule has 6 unspecified atom stereocenters. The average molecular weight is 329 g/mol. The minimum absolute atomic E-state index is 0.00179. The summed E-state index contributed by atoms with van der Waals surface area (Å²) in [6, 6.07) is 0. The van der Waals surface area contributed by atoms with Gasteiger partial charge in [0.2, 0.25) is 5.91 Å². The van der Waals surface area contributed by atoms with Gasteiger partial charge in [-0.05, 0) is 19.3 Å². The molecule has 2 aliphatic carbocycles. The monoisotopic (exact) mass is 329 g/mol. The van der Waals surface area contributed by atoms with Crippen molar-refractivity contribution in [3.05, 3.63) is 12.2 Å². The first-order valence-electron chi connectivity index (χ1n) is 7.27. The van der Waals surface area contributed by atoms with Gasteiger partial charge in [0.25, 0.3) is 10.1 Å². The third-order valence-electron chi connectivity index (χ3n) is 4.95. The molecule has 0 aromatic carbocycles. The van der Waals surface area contributed by atoms with Crippen LogP contribution in [0.3, 0.4) is 0 Å². The number of ether oxygens (including phenoxy) is 1. The molecule has 0 radical (unpaired) electrons. The van der Waals surface area contributed by atoms with Gasteiger partial charge in [0.15, 0.2) is 0 Å². The van der Waals surface area contributed by atoms with E-state index in [1.807, 2.05) is 6.92 Å². The molecule has 1 saturated heterocycles. The number of esters is 1. The first-order chi connectivity index (χ1) is 10.2. The van der Waals surface area contributed by atoms with Gasteiger partial charge in [0, 0.05) is 17.4 Å². The zero-order valence-electron chi connectivity index (χ0n) is 12.4. The number of amides is 1. The summed E-state index contributed by atoms with van der Waals surface area (Å²) >= 11 is 0. The Bertz CT molecular complexity index is 642. The van der Waals surface area contributed by atoms with Crippen LogP contribution >= 0.6 is 0 Å². The molecule has 3 fully saturated rings. The molecule has 1 aliphatic heterocycles. The van der Waals surface area contributed by atoms with Gasteiger partial charge >= 0.3 is 5.97 Å². The minimum atomic E-state index is -3.56. The topological polar surface area (TPSA) is 98.8 Å². The largest absolute Gasteiger partial charge is 0.458 e. The molecule has 6 atom stereocenters. The number of carbonyl (C=O) groups is 2. The Morgan fingerprint density at radius 1 is 1.36 bits per heavy atom. The summed E-state index contributed by atoms with van der Waals surface area (Å²) in [5, 5.41) is 1.93. The molecule has 122 valence electrons. The Balaban J connectivity index is 1.64. The number of hydrogen-bond acceptors (Lipinski definition) is 6. The summed E-state index contributed by atoms with van der Waals surface area (Å²) in [6.45, 7) is 6.61. The molecule has 1 N–H and O–H groups in total. The number of nitrogens with one attached hydrogen (secondary N) is 1. The van der Waals surface area contributed by atoms with Crippen LogP contribution in [0.15, 0.2) is 12.2 Å². The van der Waals surface area contributed by atoms with Crippen LogP contribution in [-0.2, 0) is 28.6 Å². The fraction of sp³-hybridized carbons (Fsp3) is 0.714. The molecule has 0 aromatic heterocycles. The summed E-state index contributed by atoms with van der Waals surface area (Å²) in [4.78, 5) is 23.2. The van der Waals surface area contributed by atoms with Crippen molar-refractivity contribution in [2.45, 2.75) is 37.7 Å². The maximum absolute atomic E-state index is 12.0. The molecule has 0 aromatic rings. The van der Waals surface area contributed by atoms with E-state index >= 15 is 0 Å². The quantitative estimate of drug-likeness (QED) is 0.442. The van der Waals surface area contributed by atoms with E-state index in [1.165, 1.54) is 6.92 Å². The molecule has 2 saturated carbocycles. The van der Waals surface area contributed by atoms with Crippen molar-refractivity contribution in [2.24, 2.45) is 17.8 Å². The molecular weight excluding hydrogens is 310 g/mol. The number of rotatable bonds is 4. The number of fused-ring (bicyclic) bond motifs is 1. The van der Waals surface area contributed by atoms with Gasteiger partial charge in [0.1, 0.15) is 18.8 Å². The summed E-state index contributed by atoms with van der Waals surface area (Å²) in [5.41, 5.74) is 0.300. The van der Waals surface area contributed by atoms with Crippen LogP contribution in [0.25, 0.3) is 0 Å². The van der Waals surface area contributed by atoms with Gasteiger partial charge in [-0.2, -0.15) is 8.42 Å². The Labute approximate surface area is 129 Å². The van der Waals surface area contributed by atoms with Gasteiger partial charge in [0.05, 0.1) is 5.25 Å². The van der Waals surface area contributed by atoms with Gasteiger partial charge in [-0.15, -0.1) is 0 Å². The van der Waals surface area contributed by atoms with E-state index in [-0.39, 0.29) is 24.3 Å². The van der Waals surface area contributed by atoms with Crippen LogP contribution in [0.2, 0.25) is 0 Å². The fourth-order valence-electron chi connectivity index (χ4n) is 4.01. The normalized spacial score (nSPS) is 40.5. The molecule has 3 aliphatic rings. The lowest BCUT2D eigenvalue weighted by atomic mass is 9.86. The molecule has 2 bridgehead atoms. The summed E-state index contributed by atoms with van der Waals surface area (Å²) in [6.07, 6.45) is -0.425. The molecule has 7 nitrogen and oxygen atoms in total. The van der Waals surface area contributed by atoms with E-state index in [2.05, 4.69) is 11.9 Å². The van der Waals surface area contributed by atoms with Crippen molar-refractivity contribution in [3.63, 3.8) is 0 Å². The number of carbonyl (C=O) groups excluding carboxylic acids is 2. The third kappa shape index (κ3) is 2.25. The summed E-state index contributed by atoms with van der Waals surface area (Å²) in [5.74, 6) is -1.19. The fourth-order valence-corrected chi connectivity index (χ4v) is 6.12. The van der Waals surface area contributed by atoms with Crippen molar-refractivity contribution >= 4 is 22.0 Å². The molecular formula is C14H19NO6S. The summed E-state index contributed by atoms with van der Waals surface area (Å²) in [7, 11) is -3.56. The zero-order valence-corrected chi connectivity index (χ0v) is 13.3. The van der Waals surface area contributed by atoms with Crippen molar-refractivity contribution in [1.29, 1.82) is 0 Å². The lowest BCUT2D eigenvalue weighted by Gasteiger charge is -2.29. The Hall–Kier alpha value is -1.41. The first kappa shape index (κ1) is 15.5. The Morgan fingerprint density at radius 3 is 2.68 bits per heavy atom. The zero-order chi connectivity index (χ0) is 16.2. The smallest absolute Gasteiger partial charge is 0.325 e. The van der Waals surface area contributed by atoms with Crippen molar-refractivity contribution in [3.8, 4) is 0 Å². The Kier molecular flexibility index (Phi) is 3.56. The average Bonchev–Trinajstić information content (AvgIpc) is 2.98. The molecule has 22 heavy (non-hydrogen) atoms. The highest BCUT2D eigenvalue weighted by atomic mass is 32.2. The van der Waals surface area contributed by atoms with Crippen LogP contribution in [0, 0.1) is 17.8 Å². The van der Waals surface area contributed by atoms with Crippen molar-refractivity contribution in [1.82, 2.24) is 5.32 Å². The lowest BCUT2D eigenvalue weighted by molar-refractivity contribution is -0.156. The molecule has 1 heterocycles. The summed E-state index contributed by atoms with van der Waals surface area (Å²) < 4.78 is 34.5. The van der Waals surface area contributed by atoms with Crippen LogP contribution in [0.5, 0.6) is 0 Å². The third-order valence-corrected chi connectivity index (χ3v) is 6.89. The predicted octanol–water partition coefficient (Wildman–Crippen LogP) is -0.0265. The van der Waals surface area contributed by atoms with E-state index in [0.717, 1.165) is 0 Å². The second kappa shape index (κ2) is 5.06. The van der Waals surface area contributed by atoms with Gasteiger partial charge in [-0.3, -0.25) is 13.8 Å². The maximum Gasteiger partial charge on any atom is 0.325 e. The van der Waals surface area contributed by atoms with E-state index < -0.39 is 39.5 Å². The van der Waals surface area contributed by atoms with Gasteiger partial charge in [-0.1, -0.05) is 13.5 Å². The van der Waals surface area contributed by atoms with Crippen molar-refractivity contribution in [2.75, 3.05) is 6.54 Å².